The minimum Gasteiger partial charge on any atom is -0.368 e. The van der Waals surface area contributed by atoms with Crippen LogP contribution in [0.4, 0.5) is 10.1 Å². The molecule has 29 heavy (non-hydrogen) atoms. The van der Waals surface area contributed by atoms with Crippen molar-refractivity contribution in [2.24, 2.45) is 16.6 Å². The maximum atomic E-state index is 14.3. The Balaban J connectivity index is 2.15. The van der Waals surface area contributed by atoms with Gasteiger partial charge in [-0.15, -0.1) is 10.2 Å². The van der Waals surface area contributed by atoms with Crippen molar-refractivity contribution in [3.8, 4) is 11.4 Å². The molecule has 1 saturated heterocycles. The van der Waals surface area contributed by atoms with E-state index in [0.29, 0.717) is 30.1 Å². The van der Waals surface area contributed by atoms with Gasteiger partial charge in [0.1, 0.15) is 11.1 Å². The molecule has 1 aromatic carbocycles. The molecular weight excluding hydrogens is 421 g/mol. The molecule has 0 unspecified atom stereocenters. The third kappa shape index (κ3) is 4.84. The maximum absolute atomic E-state index is 14.3. The number of aromatic nitrogens is 4. The molecule has 8 N–H and O–H groups in total. The quantitative estimate of drug-likeness (QED) is 0.343. The fraction of sp³-hybridized carbons (Fsp3) is 0.533. The number of tetrazole rings is 1. The number of aromatic amines is 1. The number of piperidine rings is 1. The number of nitrogens with zero attached hydrogens (tertiary/aromatic N) is 4. The molecule has 14 heteroatoms. The van der Waals surface area contributed by atoms with Gasteiger partial charge in [0.15, 0.2) is 0 Å². The number of halogens is 1. The highest BCUT2D eigenvalue weighted by molar-refractivity contribution is 7.98. The Morgan fingerprint density at radius 2 is 2.24 bits per heavy atom. The van der Waals surface area contributed by atoms with Crippen LogP contribution in [0, 0.1) is 0 Å². The monoisotopic (exact) mass is 445 g/mol. The van der Waals surface area contributed by atoms with E-state index in [1.165, 1.54) is 0 Å². The number of nitrogens with two attached hydrogens (primary N) is 3. The topological polar surface area (TPSA) is 182 Å². The summed E-state index contributed by atoms with van der Waals surface area (Å²) in [5, 5.41) is 19.3. The average molecular weight is 446 g/mol. The molecule has 1 aromatic heterocycles. The molecule has 0 spiro atoms. The van der Waals surface area contributed by atoms with E-state index in [0.717, 1.165) is 11.9 Å². The summed E-state index contributed by atoms with van der Waals surface area (Å²) in [6.07, 6.45) is -0.829. The lowest BCUT2D eigenvalue weighted by Crippen LogP contribution is -2.48. The van der Waals surface area contributed by atoms with Crippen LogP contribution < -0.4 is 26.2 Å². The lowest BCUT2D eigenvalue weighted by molar-refractivity contribution is 0.251. The van der Waals surface area contributed by atoms with E-state index in [1.54, 1.807) is 17.0 Å². The minimum absolute atomic E-state index is 0.0189. The first-order chi connectivity index (χ1) is 13.7. The molecule has 2 heterocycles. The predicted octanol–water partition coefficient (Wildman–Crippen LogP) is -0.666. The second-order valence-electron chi connectivity index (χ2n) is 6.84. The number of anilines is 1. The number of hydrogen-bond donors (Lipinski definition) is 5. The van der Waals surface area contributed by atoms with Gasteiger partial charge in [-0.25, -0.2) is 17.9 Å². The van der Waals surface area contributed by atoms with Crippen molar-refractivity contribution in [3.63, 3.8) is 0 Å². The van der Waals surface area contributed by atoms with Gasteiger partial charge in [-0.3, -0.25) is 4.72 Å². The predicted molar refractivity (Wildman–Crippen MR) is 108 cm³/mol. The first-order valence-electron chi connectivity index (χ1n) is 8.93. The van der Waals surface area contributed by atoms with Crippen LogP contribution in [0.3, 0.4) is 0 Å². The number of alkyl halides is 1. The zero-order valence-electron chi connectivity index (χ0n) is 15.7. The number of sulfonamides is 1. The first-order valence-corrected chi connectivity index (χ1v) is 11.3. The van der Waals surface area contributed by atoms with Gasteiger partial charge in [-0.2, -0.15) is 5.21 Å². The Morgan fingerprint density at radius 1 is 1.48 bits per heavy atom. The van der Waals surface area contributed by atoms with Crippen molar-refractivity contribution in [2.45, 2.75) is 41.4 Å². The second kappa shape index (κ2) is 8.89. The molecule has 0 amide bonds. The number of benzene rings is 1. The molecule has 2 aromatic rings. The van der Waals surface area contributed by atoms with Crippen LogP contribution in [-0.4, -0.2) is 66.9 Å². The summed E-state index contributed by atoms with van der Waals surface area (Å²) < 4.78 is 42.4. The lowest BCUT2D eigenvalue weighted by atomic mass is 10.0. The molecule has 3 rings (SSSR count). The molecule has 11 nitrogen and oxygen atoms in total. The highest BCUT2D eigenvalue weighted by Crippen LogP contribution is 2.40. The molecule has 3 atom stereocenters. The molecule has 0 aliphatic carbocycles. The van der Waals surface area contributed by atoms with Gasteiger partial charge in [0.25, 0.3) is 0 Å². The maximum Gasteiger partial charge on any atom is 0.240 e. The van der Waals surface area contributed by atoms with E-state index in [1.807, 2.05) is 6.92 Å². The van der Waals surface area contributed by atoms with Crippen molar-refractivity contribution in [3.05, 3.63) is 12.1 Å². The van der Waals surface area contributed by atoms with E-state index >= 15 is 0 Å². The lowest BCUT2D eigenvalue weighted by Gasteiger charge is -2.35. The zero-order valence-corrected chi connectivity index (χ0v) is 17.4. The Labute approximate surface area is 172 Å². The fourth-order valence-electron chi connectivity index (χ4n) is 3.02. The van der Waals surface area contributed by atoms with E-state index in [-0.39, 0.29) is 28.9 Å². The summed E-state index contributed by atoms with van der Waals surface area (Å²) in [4.78, 5) is 1.91. The van der Waals surface area contributed by atoms with E-state index in [2.05, 4.69) is 25.3 Å². The summed E-state index contributed by atoms with van der Waals surface area (Å²) in [6.45, 7) is 2.69. The average Bonchev–Trinajstić information content (AvgIpc) is 3.21. The number of hydrogen-bond acceptors (Lipinski definition) is 10. The van der Waals surface area contributed by atoms with Crippen LogP contribution in [0.2, 0.25) is 0 Å². The SMILES string of the molecule is C[C@H](CN)NSc1ccc(N2CC[C@@H](N)[C@@H](F)C2)c(-c2nn[nH]n2)c1S(N)(=O)=O. The van der Waals surface area contributed by atoms with Gasteiger partial charge >= 0.3 is 0 Å². The molecule has 1 fully saturated rings. The van der Waals surface area contributed by atoms with Gasteiger partial charge in [-0.05, 0) is 42.6 Å². The van der Waals surface area contributed by atoms with Gasteiger partial charge in [0, 0.05) is 35.8 Å². The Morgan fingerprint density at radius 3 is 2.83 bits per heavy atom. The normalized spacial score (nSPS) is 21.3. The summed E-state index contributed by atoms with van der Waals surface area (Å²) in [6, 6.07) is 2.68. The molecule has 0 radical (unpaired) electrons. The van der Waals surface area contributed by atoms with Gasteiger partial charge in [0.05, 0.1) is 12.1 Å². The summed E-state index contributed by atoms with van der Waals surface area (Å²) in [5.74, 6) is 0.0450. The smallest absolute Gasteiger partial charge is 0.240 e. The van der Waals surface area contributed by atoms with Crippen LogP contribution in [-0.2, 0) is 10.0 Å². The van der Waals surface area contributed by atoms with Gasteiger partial charge in [0.2, 0.25) is 15.8 Å². The summed E-state index contributed by atoms with van der Waals surface area (Å²) in [5.41, 5.74) is 12.0. The van der Waals surface area contributed by atoms with Crippen molar-refractivity contribution in [1.82, 2.24) is 25.3 Å². The third-order valence-corrected chi connectivity index (χ3v) is 6.81. The van der Waals surface area contributed by atoms with Crippen LogP contribution in [0.25, 0.3) is 11.4 Å². The van der Waals surface area contributed by atoms with Crippen molar-refractivity contribution in [1.29, 1.82) is 0 Å². The molecular formula is C15H24FN9O2S2. The third-order valence-electron chi connectivity index (χ3n) is 4.61. The Bertz CT molecular complexity index is 942. The Hall–Kier alpha value is -1.84. The van der Waals surface area contributed by atoms with Crippen LogP contribution in [0.15, 0.2) is 21.9 Å². The summed E-state index contributed by atoms with van der Waals surface area (Å²) in [7, 11) is -4.19. The van der Waals surface area contributed by atoms with Crippen molar-refractivity contribution in [2.75, 3.05) is 24.5 Å². The molecule has 1 aliphatic heterocycles. The standard InChI is InChI=1S/C15H24FN9O2S2/c1-8(6-17)22-28-12-3-2-11(25-5-4-10(18)9(16)7-25)13(14(12)29(19,26)27)15-20-23-24-21-15/h2-3,8-10,22H,4-7,17-18H2,1H3,(H2,19,26,27)(H,20,21,23,24)/t8-,9+,10-/m1/s1. The number of primary sulfonamides is 1. The first kappa shape index (κ1) is 21.9. The highest BCUT2D eigenvalue weighted by atomic mass is 32.2. The van der Waals surface area contributed by atoms with E-state index in [4.69, 9.17) is 16.6 Å². The van der Waals surface area contributed by atoms with Gasteiger partial charge in [-0.1, -0.05) is 0 Å². The molecule has 1 aliphatic rings. The summed E-state index contributed by atoms with van der Waals surface area (Å²) >= 11 is 1.09. The largest absolute Gasteiger partial charge is 0.368 e. The van der Waals surface area contributed by atoms with Crippen LogP contribution in [0.1, 0.15) is 13.3 Å². The second-order valence-corrected chi connectivity index (χ2v) is 9.22. The highest BCUT2D eigenvalue weighted by Gasteiger charge is 2.32. The van der Waals surface area contributed by atoms with E-state index in [9.17, 15) is 12.8 Å². The van der Waals surface area contributed by atoms with Gasteiger partial charge < -0.3 is 16.4 Å². The van der Waals surface area contributed by atoms with Crippen molar-refractivity contribution < 1.29 is 12.8 Å². The minimum atomic E-state index is -4.19. The molecule has 160 valence electrons. The number of rotatable bonds is 7. The van der Waals surface area contributed by atoms with Crippen molar-refractivity contribution >= 4 is 27.7 Å². The number of nitrogens with one attached hydrogen (secondary N) is 2. The zero-order chi connectivity index (χ0) is 21.2. The molecule has 0 saturated carbocycles. The molecule has 0 bridgehead atoms. The van der Waals surface area contributed by atoms with Crippen LogP contribution in [0.5, 0.6) is 0 Å². The Kier molecular flexibility index (Phi) is 6.70. The van der Waals surface area contributed by atoms with E-state index < -0.39 is 22.2 Å². The van der Waals surface area contributed by atoms with Crippen LogP contribution >= 0.6 is 11.9 Å². The number of H-pyrrole nitrogens is 1. The fourth-order valence-corrected chi connectivity index (χ4v) is 5.07.